The van der Waals surface area contributed by atoms with Crippen LogP contribution >= 0.6 is 0 Å². The molecule has 338 valence electrons. The SMILES string of the molecule is [2H]C([2H])([2H])c1ccc(-c2[c-]cc(-c3ccccc3-c3cc(CCc4c[c-]c(-c5ccccn5)cc4)cc(CCc4c[c-]c(-c5ccccn5)cc4)c3)c(-c3ccc(-c4cc(F)c(C#N)cc4F)cc3)c2)nc1.[Ir+3]. The van der Waals surface area contributed by atoms with Gasteiger partial charge in [0, 0.05) is 28.3 Å². The molecule has 0 saturated carbocycles. The normalized spacial score (nSPS) is 11.7. The summed E-state index contributed by atoms with van der Waals surface area (Å²) >= 11 is 0. The summed E-state index contributed by atoms with van der Waals surface area (Å²) in [5.74, 6) is -1.50. The Morgan fingerprint density at radius 3 is 1.59 bits per heavy atom. The minimum absolute atomic E-state index is 0. The van der Waals surface area contributed by atoms with Gasteiger partial charge in [-0.3, -0.25) is 0 Å². The van der Waals surface area contributed by atoms with Gasteiger partial charge in [0.25, 0.3) is 0 Å². The number of nitriles is 1. The van der Waals surface area contributed by atoms with Gasteiger partial charge in [0.1, 0.15) is 17.7 Å². The zero-order valence-corrected chi connectivity index (χ0v) is 40.1. The predicted octanol–water partition coefficient (Wildman–Crippen LogP) is 15.0. The van der Waals surface area contributed by atoms with Crippen LogP contribution in [-0.2, 0) is 45.8 Å². The van der Waals surface area contributed by atoms with Crippen molar-refractivity contribution in [1.82, 2.24) is 15.0 Å². The van der Waals surface area contributed by atoms with Gasteiger partial charge < -0.3 is 15.0 Å². The smallest absolute Gasteiger partial charge is 0.305 e. The van der Waals surface area contributed by atoms with Crippen molar-refractivity contribution in [3.8, 4) is 84.3 Å². The molecule has 7 heteroatoms. The number of pyridine rings is 3. The summed E-state index contributed by atoms with van der Waals surface area (Å²) in [4.78, 5) is 13.5. The van der Waals surface area contributed by atoms with Gasteiger partial charge in [0.2, 0.25) is 0 Å². The van der Waals surface area contributed by atoms with Crippen LogP contribution in [0.3, 0.4) is 0 Å². The molecule has 0 saturated heterocycles. The third-order valence-corrected chi connectivity index (χ3v) is 12.3. The number of aryl methyl sites for hydroxylation is 5. The third kappa shape index (κ3) is 10.7. The van der Waals surface area contributed by atoms with Gasteiger partial charge >= 0.3 is 20.1 Å². The van der Waals surface area contributed by atoms with E-state index in [4.69, 9.17) is 4.11 Å². The number of rotatable bonds is 13. The maximum absolute atomic E-state index is 15.3. The molecule has 0 N–H and O–H groups in total. The van der Waals surface area contributed by atoms with E-state index in [2.05, 4.69) is 99.9 Å². The van der Waals surface area contributed by atoms with Crippen molar-refractivity contribution in [3.63, 3.8) is 0 Å². The molecule has 3 heterocycles. The van der Waals surface area contributed by atoms with Crippen molar-refractivity contribution in [2.75, 3.05) is 0 Å². The van der Waals surface area contributed by atoms with E-state index in [0.29, 0.717) is 16.8 Å². The van der Waals surface area contributed by atoms with Gasteiger partial charge in [-0.1, -0.05) is 133 Å². The minimum atomic E-state index is -2.31. The number of hydrogen-bond acceptors (Lipinski definition) is 4. The molecule has 10 aromatic rings. The van der Waals surface area contributed by atoms with Gasteiger partial charge in [-0.05, 0) is 100.0 Å². The van der Waals surface area contributed by atoms with Crippen molar-refractivity contribution in [2.24, 2.45) is 0 Å². The standard InChI is InChI=1S/C63H43F2N4.Ir/c1-42-12-31-63(69-41-42)51-29-30-56(57(37-51)47-25-27-48(28-26-47)58-39-59(64)53(40-66)38-60(58)65)55-9-3-2-8-54(55)52-35-45(15-13-43-17-21-49(22-18-43)61-10-4-6-32-67-61)34-46(36-52)16-14-44-19-23-50(24-20-44)62-11-5-7-33-68-62;/h2-12,17-21,23,25-28,30-39,41H,13-16H2,1H3;/q-3;+3/i1D3;. The molecule has 10 rings (SSSR count). The van der Waals surface area contributed by atoms with Crippen molar-refractivity contribution in [2.45, 2.75) is 32.5 Å². The Kier molecular flexibility index (Phi) is 13.3. The second-order valence-electron chi connectivity index (χ2n) is 16.8. The zero-order valence-electron chi connectivity index (χ0n) is 40.7. The molecule has 4 nitrogen and oxygen atoms in total. The monoisotopic (exact) mass is 1090 g/mol. The van der Waals surface area contributed by atoms with Crippen LogP contribution in [0.25, 0.3) is 78.3 Å². The van der Waals surface area contributed by atoms with E-state index in [1.54, 1.807) is 42.7 Å². The number of nitrogens with zero attached hydrogens (tertiary/aromatic N) is 4. The topological polar surface area (TPSA) is 62.5 Å². The van der Waals surface area contributed by atoms with Crippen molar-refractivity contribution < 1.29 is 33.0 Å². The molecule has 0 bridgehead atoms. The molecule has 0 radical (unpaired) electrons. The van der Waals surface area contributed by atoms with Gasteiger partial charge in [0.15, 0.2) is 0 Å². The summed E-state index contributed by atoms with van der Waals surface area (Å²) in [6.45, 7) is -2.31. The largest absolute Gasteiger partial charge is 3.00 e. The molecule has 7 aromatic carbocycles. The van der Waals surface area contributed by atoms with E-state index in [1.165, 1.54) is 28.5 Å². The Balaban J connectivity index is 0.00000656. The second-order valence-corrected chi connectivity index (χ2v) is 16.8. The Hall–Kier alpha value is -8.01. The summed E-state index contributed by atoms with van der Waals surface area (Å²) in [5.41, 5.74) is 15.3. The average Bonchev–Trinajstić information content (AvgIpc) is 3.43. The Morgan fingerprint density at radius 2 is 1.04 bits per heavy atom. The molecule has 0 spiro atoms. The van der Waals surface area contributed by atoms with Crippen LogP contribution in [0.2, 0.25) is 0 Å². The van der Waals surface area contributed by atoms with E-state index < -0.39 is 18.5 Å². The van der Waals surface area contributed by atoms with E-state index in [-0.39, 0.29) is 36.8 Å². The van der Waals surface area contributed by atoms with Gasteiger partial charge in [-0.25, -0.2) is 8.78 Å². The molecule has 3 aromatic heterocycles. The first kappa shape index (κ1) is 43.3. The predicted molar refractivity (Wildman–Crippen MR) is 271 cm³/mol. The van der Waals surface area contributed by atoms with Gasteiger partial charge in [0.05, 0.1) is 5.56 Å². The maximum Gasteiger partial charge on any atom is 3.00 e. The first-order valence-corrected chi connectivity index (χ1v) is 22.7. The van der Waals surface area contributed by atoms with E-state index in [1.807, 2.05) is 72.8 Å². The molecule has 0 unspecified atom stereocenters. The third-order valence-electron chi connectivity index (χ3n) is 12.3. The maximum atomic E-state index is 15.3. The van der Waals surface area contributed by atoms with E-state index in [9.17, 15) is 9.65 Å². The fourth-order valence-corrected chi connectivity index (χ4v) is 8.68. The van der Waals surface area contributed by atoms with Crippen LogP contribution < -0.4 is 0 Å². The van der Waals surface area contributed by atoms with Crippen LogP contribution in [0.1, 0.15) is 37.5 Å². The molecule has 0 fully saturated rings. The van der Waals surface area contributed by atoms with Crippen molar-refractivity contribution in [3.05, 3.63) is 258 Å². The molecule has 0 aliphatic heterocycles. The van der Waals surface area contributed by atoms with Crippen LogP contribution in [-0.4, -0.2) is 15.0 Å². The second kappa shape index (κ2) is 21.5. The molecular weight excluding hydrogens is 1040 g/mol. The number of hydrogen-bond donors (Lipinski definition) is 0. The minimum Gasteiger partial charge on any atom is -0.305 e. The van der Waals surface area contributed by atoms with E-state index >= 15 is 4.39 Å². The number of halogens is 2. The average molecular weight is 1090 g/mol. The van der Waals surface area contributed by atoms with Gasteiger partial charge in [-0.2, -0.15) is 5.26 Å². The summed E-state index contributed by atoms with van der Waals surface area (Å²) in [6, 6.07) is 67.8. The molecule has 0 atom stereocenters. The van der Waals surface area contributed by atoms with Gasteiger partial charge in [-0.15, -0.1) is 94.5 Å². The van der Waals surface area contributed by atoms with Crippen molar-refractivity contribution >= 4 is 0 Å². The summed E-state index contributed by atoms with van der Waals surface area (Å²) < 4.78 is 53.6. The van der Waals surface area contributed by atoms with Crippen LogP contribution in [0.5, 0.6) is 0 Å². The molecule has 70 heavy (non-hydrogen) atoms. The summed E-state index contributed by atoms with van der Waals surface area (Å²) in [5, 5.41) is 9.28. The van der Waals surface area contributed by atoms with Crippen molar-refractivity contribution in [1.29, 1.82) is 5.26 Å². The van der Waals surface area contributed by atoms with Crippen LogP contribution in [0.15, 0.2) is 195 Å². The molecule has 0 amide bonds. The quantitative estimate of drug-likeness (QED) is 0.108. The fourth-order valence-electron chi connectivity index (χ4n) is 8.68. The fraction of sp³-hybridized carbons (Fsp3) is 0.0794. The zero-order chi connectivity index (χ0) is 49.6. The number of benzene rings is 7. The molecular formula is C63H43F2IrN4. The number of aromatic nitrogens is 3. The molecule has 0 aliphatic rings. The van der Waals surface area contributed by atoms with E-state index in [0.717, 1.165) is 93.7 Å². The van der Waals surface area contributed by atoms with Crippen LogP contribution in [0.4, 0.5) is 8.78 Å². The first-order valence-electron chi connectivity index (χ1n) is 24.2. The Morgan fingerprint density at radius 1 is 0.471 bits per heavy atom. The summed E-state index contributed by atoms with van der Waals surface area (Å²) in [7, 11) is 0. The summed E-state index contributed by atoms with van der Waals surface area (Å²) in [6.07, 6.45) is 8.16. The van der Waals surface area contributed by atoms with Crippen LogP contribution in [0, 0.1) is 48.0 Å². The Bertz CT molecular complexity index is 3460. The molecule has 0 aliphatic carbocycles. The first-order chi connectivity index (χ1) is 35.1. The Labute approximate surface area is 425 Å².